The van der Waals surface area contributed by atoms with Gasteiger partial charge in [0, 0.05) is 18.8 Å². The number of hydrogen-bond donors (Lipinski definition) is 0. The van der Waals surface area contributed by atoms with Gasteiger partial charge in [-0.3, -0.25) is 9.59 Å². The SMILES string of the molecule is Cc1cccnc1-n1c(SCC(=O)N2CCCC[C@H]2C)nc2ccccc2c1=O. The number of benzene rings is 1. The standard InChI is InChI=1S/C22H24N4O2S/c1-15-8-7-12-23-20(15)26-21(28)17-10-3-4-11-18(17)24-22(26)29-14-19(27)25-13-6-5-9-16(25)2/h3-4,7-8,10-12,16H,5-6,9,13-14H2,1-2H3/t16-/m1/s1. The van der Waals surface area contributed by atoms with Crippen LogP contribution in [0.5, 0.6) is 0 Å². The molecule has 0 unspecified atom stereocenters. The molecule has 3 aromatic rings. The van der Waals surface area contributed by atoms with E-state index < -0.39 is 0 Å². The molecule has 0 spiro atoms. The molecule has 2 aromatic heterocycles. The van der Waals surface area contributed by atoms with Crippen molar-refractivity contribution in [3.05, 3.63) is 58.5 Å². The van der Waals surface area contributed by atoms with Crippen LogP contribution in [0.3, 0.4) is 0 Å². The predicted molar refractivity (Wildman–Crippen MR) is 116 cm³/mol. The van der Waals surface area contributed by atoms with Crippen molar-refractivity contribution in [3.63, 3.8) is 0 Å². The van der Waals surface area contributed by atoms with E-state index in [1.54, 1.807) is 12.3 Å². The molecule has 1 saturated heterocycles. The second-order valence-electron chi connectivity index (χ2n) is 7.42. The smallest absolute Gasteiger partial charge is 0.267 e. The van der Waals surface area contributed by atoms with Gasteiger partial charge in [-0.1, -0.05) is 30.0 Å². The fraction of sp³-hybridized carbons (Fsp3) is 0.364. The Balaban J connectivity index is 1.73. The normalized spacial score (nSPS) is 16.9. The topological polar surface area (TPSA) is 68.1 Å². The molecule has 0 N–H and O–H groups in total. The molecule has 0 radical (unpaired) electrons. The maximum Gasteiger partial charge on any atom is 0.267 e. The summed E-state index contributed by atoms with van der Waals surface area (Å²) in [5.74, 6) is 0.895. The average molecular weight is 409 g/mol. The predicted octanol–water partition coefficient (Wildman–Crippen LogP) is 3.58. The highest BCUT2D eigenvalue weighted by molar-refractivity contribution is 7.99. The summed E-state index contributed by atoms with van der Waals surface area (Å²) in [6, 6.07) is 11.3. The van der Waals surface area contributed by atoms with Gasteiger partial charge in [0.15, 0.2) is 5.16 Å². The maximum absolute atomic E-state index is 13.3. The fourth-order valence-electron chi connectivity index (χ4n) is 3.79. The summed E-state index contributed by atoms with van der Waals surface area (Å²) < 4.78 is 1.54. The van der Waals surface area contributed by atoms with Crippen LogP contribution in [-0.4, -0.2) is 43.7 Å². The van der Waals surface area contributed by atoms with Crippen LogP contribution in [0.2, 0.25) is 0 Å². The third-order valence-electron chi connectivity index (χ3n) is 5.39. The van der Waals surface area contributed by atoms with Crippen molar-refractivity contribution in [2.75, 3.05) is 12.3 Å². The van der Waals surface area contributed by atoms with Gasteiger partial charge in [0.05, 0.1) is 16.7 Å². The zero-order valence-electron chi connectivity index (χ0n) is 16.7. The van der Waals surface area contributed by atoms with Crippen molar-refractivity contribution in [2.45, 2.75) is 44.3 Å². The number of aryl methyl sites for hydroxylation is 1. The Hall–Kier alpha value is -2.67. The first kappa shape index (κ1) is 19.6. The summed E-state index contributed by atoms with van der Waals surface area (Å²) in [7, 11) is 0. The number of para-hydroxylation sites is 1. The number of carbonyl (C=O) groups is 1. The number of aromatic nitrogens is 3. The minimum Gasteiger partial charge on any atom is -0.339 e. The summed E-state index contributed by atoms with van der Waals surface area (Å²) >= 11 is 1.30. The van der Waals surface area contributed by atoms with Gasteiger partial charge >= 0.3 is 0 Å². The van der Waals surface area contributed by atoms with Gasteiger partial charge in [0.1, 0.15) is 5.82 Å². The monoisotopic (exact) mass is 408 g/mol. The summed E-state index contributed by atoms with van der Waals surface area (Å²) in [4.78, 5) is 37.2. The van der Waals surface area contributed by atoms with Crippen LogP contribution in [0.1, 0.15) is 31.7 Å². The van der Waals surface area contributed by atoms with Gasteiger partial charge in [-0.15, -0.1) is 0 Å². The van der Waals surface area contributed by atoms with Crippen LogP contribution < -0.4 is 5.56 Å². The van der Waals surface area contributed by atoms with Gasteiger partial charge in [0.2, 0.25) is 5.91 Å². The Kier molecular flexibility index (Phi) is 5.67. The molecular weight excluding hydrogens is 384 g/mol. The molecule has 0 saturated carbocycles. The number of nitrogens with zero attached hydrogens (tertiary/aromatic N) is 4. The van der Waals surface area contributed by atoms with E-state index in [9.17, 15) is 9.59 Å². The second-order valence-corrected chi connectivity index (χ2v) is 8.36. The summed E-state index contributed by atoms with van der Waals surface area (Å²) in [6.07, 6.45) is 4.93. The van der Waals surface area contributed by atoms with Crippen LogP contribution in [0, 0.1) is 6.92 Å². The first-order valence-electron chi connectivity index (χ1n) is 9.92. The van der Waals surface area contributed by atoms with Crippen LogP contribution >= 0.6 is 11.8 Å². The molecule has 6 nitrogen and oxygen atoms in total. The second kappa shape index (κ2) is 8.37. The van der Waals surface area contributed by atoms with Gasteiger partial charge in [-0.2, -0.15) is 0 Å². The number of fused-ring (bicyclic) bond motifs is 1. The van der Waals surface area contributed by atoms with E-state index in [-0.39, 0.29) is 23.3 Å². The number of carbonyl (C=O) groups excluding carboxylic acids is 1. The quantitative estimate of drug-likeness (QED) is 0.488. The third kappa shape index (κ3) is 3.92. The molecule has 7 heteroatoms. The molecule has 1 atom stereocenters. The summed E-state index contributed by atoms with van der Waals surface area (Å²) in [6.45, 7) is 4.82. The highest BCUT2D eigenvalue weighted by atomic mass is 32.2. The van der Waals surface area contributed by atoms with Crippen molar-refractivity contribution in [3.8, 4) is 5.82 Å². The molecule has 1 aliphatic heterocycles. The molecule has 1 amide bonds. The Morgan fingerprint density at radius 1 is 1.21 bits per heavy atom. The number of rotatable bonds is 4. The number of thioether (sulfide) groups is 1. The molecular formula is C22H24N4O2S. The molecule has 0 aliphatic carbocycles. The Labute approximate surface area is 174 Å². The van der Waals surface area contributed by atoms with E-state index in [0.717, 1.165) is 24.9 Å². The average Bonchev–Trinajstić information content (AvgIpc) is 2.73. The maximum atomic E-state index is 13.3. The van der Waals surface area contributed by atoms with Gasteiger partial charge in [-0.25, -0.2) is 14.5 Å². The molecule has 1 aromatic carbocycles. The van der Waals surface area contributed by atoms with Crippen molar-refractivity contribution in [2.24, 2.45) is 0 Å². The van der Waals surface area contributed by atoms with E-state index in [1.165, 1.54) is 22.7 Å². The number of piperidine rings is 1. The number of amides is 1. The summed E-state index contributed by atoms with van der Waals surface area (Å²) in [5.41, 5.74) is 1.34. The first-order valence-corrected chi connectivity index (χ1v) is 10.9. The van der Waals surface area contributed by atoms with E-state index in [0.29, 0.717) is 21.9 Å². The van der Waals surface area contributed by atoms with Crippen molar-refractivity contribution >= 4 is 28.6 Å². The van der Waals surface area contributed by atoms with Crippen molar-refractivity contribution in [1.82, 2.24) is 19.4 Å². The van der Waals surface area contributed by atoms with Crippen LogP contribution in [-0.2, 0) is 4.79 Å². The van der Waals surface area contributed by atoms with Crippen LogP contribution in [0.4, 0.5) is 0 Å². The zero-order chi connectivity index (χ0) is 20.4. The molecule has 29 heavy (non-hydrogen) atoms. The largest absolute Gasteiger partial charge is 0.339 e. The third-order valence-corrected chi connectivity index (χ3v) is 6.31. The van der Waals surface area contributed by atoms with Crippen molar-refractivity contribution < 1.29 is 4.79 Å². The molecule has 1 fully saturated rings. The van der Waals surface area contributed by atoms with Gasteiger partial charge < -0.3 is 4.90 Å². The minimum atomic E-state index is -0.168. The first-order chi connectivity index (χ1) is 14.1. The molecule has 0 bridgehead atoms. The molecule has 4 rings (SSSR count). The zero-order valence-corrected chi connectivity index (χ0v) is 17.5. The van der Waals surface area contributed by atoms with E-state index in [1.807, 2.05) is 42.2 Å². The van der Waals surface area contributed by atoms with Crippen LogP contribution in [0.25, 0.3) is 16.7 Å². The van der Waals surface area contributed by atoms with Gasteiger partial charge in [-0.05, 0) is 56.9 Å². The number of hydrogen-bond acceptors (Lipinski definition) is 5. The molecule has 1 aliphatic rings. The van der Waals surface area contributed by atoms with E-state index in [4.69, 9.17) is 4.98 Å². The lowest BCUT2D eigenvalue weighted by atomic mass is 10.0. The lowest BCUT2D eigenvalue weighted by molar-refractivity contribution is -0.131. The molecule has 3 heterocycles. The summed E-state index contributed by atoms with van der Waals surface area (Å²) in [5, 5.41) is 1.03. The lowest BCUT2D eigenvalue weighted by Gasteiger charge is -2.33. The van der Waals surface area contributed by atoms with E-state index in [2.05, 4.69) is 11.9 Å². The number of likely N-dealkylation sites (tertiary alicyclic amines) is 1. The lowest BCUT2D eigenvalue weighted by Crippen LogP contribution is -2.43. The number of pyridine rings is 1. The molecule has 150 valence electrons. The Morgan fingerprint density at radius 2 is 2.03 bits per heavy atom. The highest BCUT2D eigenvalue weighted by Gasteiger charge is 2.24. The Morgan fingerprint density at radius 3 is 2.83 bits per heavy atom. The van der Waals surface area contributed by atoms with Crippen molar-refractivity contribution in [1.29, 1.82) is 0 Å². The fourth-order valence-corrected chi connectivity index (χ4v) is 4.66. The van der Waals surface area contributed by atoms with E-state index >= 15 is 0 Å². The van der Waals surface area contributed by atoms with Gasteiger partial charge in [0.25, 0.3) is 5.56 Å². The highest BCUT2D eigenvalue weighted by Crippen LogP contribution is 2.24. The Bertz CT molecular complexity index is 1110. The van der Waals surface area contributed by atoms with Crippen LogP contribution in [0.15, 0.2) is 52.5 Å². The minimum absolute atomic E-state index is 0.0916.